The van der Waals surface area contributed by atoms with Crippen LogP contribution in [0.3, 0.4) is 0 Å². The number of aromatic hydroxyl groups is 1. The SMILES string of the molecule is Cc1ccccc1OCc1nc2ccccc2c(=O)n1/N=C/c1cc(Cl)ccc1O. The van der Waals surface area contributed by atoms with Crippen molar-refractivity contribution in [1.82, 2.24) is 9.66 Å². The van der Waals surface area contributed by atoms with E-state index in [0.717, 1.165) is 5.56 Å². The fourth-order valence-corrected chi connectivity index (χ4v) is 3.17. The molecule has 7 heteroatoms. The number of hydrogen-bond acceptors (Lipinski definition) is 5. The van der Waals surface area contributed by atoms with Gasteiger partial charge in [-0.3, -0.25) is 4.79 Å². The Hall–Kier alpha value is -3.64. The van der Waals surface area contributed by atoms with Gasteiger partial charge in [0.25, 0.3) is 5.56 Å². The van der Waals surface area contributed by atoms with E-state index >= 15 is 0 Å². The minimum Gasteiger partial charge on any atom is -0.507 e. The number of phenols is 1. The van der Waals surface area contributed by atoms with Crippen molar-refractivity contribution in [1.29, 1.82) is 0 Å². The molecule has 4 rings (SSSR count). The summed E-state index contributed by atoms with van der Waals surface area (Å²) in [7, 11) is 0. The molecule has 1 N–H and O–H groups in total. The van der Waals surface area contributed by atoms with Gasteiger partial charge in [-0.05, 0) is 48.9 Å². The van der Waals surface area contributed by atoms with Crippen molar-refractivity contribution in [3.63, 3.8) is 0 Å². The fraction of sp³-hybridized carbons (Fsp3) is 0.0870. The summed E-state index contributed by atoms with van der Waals surface area (Å²) in [6.45, 7) is 1.99. The van der Waals surface area contributed by atoms with Crippen LogP contribution in [-0.4, -0.2) is 21.0 Å². The van der Waals surface area contributed by atoms with Crippen molar-refractivity contribution in [3.8, 4) is 11.5 Å². The third kappa shape index (κ3) is 4.04. The molecule has 0 amide bonds. The van der Waals surface area contributed by atoms with Crippen LogP contribution in [0.5, 0.6) is 11.5 Å². The number of ether oxygens (including phenoxy) is 1. The van der Waals surface area contributed by atoms with Crippen molar-refractivity contribution in [3.05, 3.63) is 99.1 Å². The number of hydrogen-bond donors (Lipinski definition) is 1. The zero-order valence-electron chi connectivity index (χ0n) is 16.1. The molecule has 0 aliphatic rings. The minimum absolute atomic E-state index is 0.00246. The molecular formula is C23H18ClN3O3. The zero-order valence-corrected chi connectivity index (χ0v) is 16.9. The molecule has 6 nitrogen and oxygen atoms in total. The molecule has 1 heterocycles. The lowest BCUT2D eigenvalue weighted by molar-refractivity contribution is 0.287. The minimum atomic E-state index is -0.332. The van der Waals surface area contributed by atoms with Gasteiger partial charge in [0, 0.05) is 10.6 Å². The van der Waals surface area contributed by atoms with Crippen LogP contribution in [0.4, 0.5) is 0 Å². The molecule has 0 spiro atoms. The van der Waals surface area contributed by atoms with Crippen molar-refractivity contribution < 1.29 is 9.84 Å². The van der Waals surface area contributed by atoms with Crippen LogP contribution in [0.1, 0.15) is 17.0 Å². The van der Waals surface area contributed by atoms with Crippen molar-refractivity contribution >= 4 is 28.7 Å². The third-order valence-electron chi connectivity index (χ3n) is 4.57. The highest BCUT2D eigenvalue weighted by molar-refractivity contribution is 6.30. The largest absolute Gasteiger partial charge is 0.507 e. The quantitative estimate of drug-likeness (QED) is 0.482. The maximum absolute atomic E-state index is 13.1. The first-order valence-electron chi connectivity index (χ1n) is 9.25. The molecule has 0 aliphatic heterocycles. The third-order valence-corrected chi connectivity index (χ3v) is 4.81. The average Bonchev–Trinajstić information content (AvgIpc) is 2.75. The highest BCUT2D eigenvalue weighted by Crippen LogP contribution is 2.20. The van der Waals surface area contributed by atoms with E-state index in [2.05, 4.69) is 10.1 Å². The molecule has 0 bridgehead atoms. The van der Waals surface area contributed by atoms with E-state index < -0.39 is 0 Å². The standard InChI is InChI=1S/C23H18ClN3O3/c1-15-6-2-5-9-21(15)30-14-22-26-19-8-4-3-7-18(19)23(29)27(22)25-13-16-12-17(24)10-11-20(16)28/h2-13,28H,14H2,1H3/b25-13+. The van der Waals surface area contributed by atoms with E-state index in [1.54, 1.807) is 30.3 Å². The van der Waals surface area contributed by atoms with Crippen molar-refractivity contribution in [2.24, 2.45) is 5.10 Å². The summed E-state index contributed by atoms with van der Waals surface area (Å²) in [4.78, 5) is 17.6. The number of aromatic nitrogens is 2. The molecule has 0 aliphatic carbocycles. The summed E-state index contributed by atoms with van der Waals surface area (Å²) in [6.07, 6.45) is 1.37. The zero-order chi connectivity index (χ0) is 21.1. The second-order valence-corrected chi connectivity index (χ2v) is 7.10. The second kappa shape index (κ2) is 8.39. The number of phenolic OH excluding ortho intramolecular Hbond substituents is 1. The molecule has 0 unspecified atom stereocenters. The smallest absolute Gasteiger partial charge is 0.282 e. The van der Waals surface area contributed by atoms with E-state index in [1.165, 1.54) is 17.0 Å². The molecule has 150 valence electrons. The van der Waals surface area contributed by atoms with E-state index in [0.29, 0.717) is 33.1 Å². The van der Waals surface area contributed by atoms with E-state index in [-0.39, 0.29) is 17.9 Å². The maximum atomic E-state index is 13.1. The molecule has 0 atom stereocenters. The van der Waals surface area contributed by atoms with Gasteiger partial charge in [-0.25, -0.2) is 4.98 Å². The lowest BCUT2D eigenvalue weighted by atomic mass is 10.2. The Morgan fingerprint density at radius 1 is 1.13 bits per heavy atom. The Balaban J connectivity index is 1.78. The van der Waals surface area contributed by atoms with Gasteiger partial charge in [-0.1, -0.05) is 41.9 Å². The molecule has 0 saturated heterocycles. The molecule has 4 aromatic rings. The number of nitrogens with zero attached hydrogens (tertiary/aromatic N) is 3. The van der Waals surface area contributed by atoms with Gasteiger partial charge in [0.2, 0.25) is 0 Å². The molecule has 30 heavy (non-hydrogen) atoms. The Kier molecular flexibility index (Phi) is 5.50. The summed E-state index contributed by atoms with van der Waals surface area (Å²) in [5, 5.41) is 15.2. The van der Waals surface area contributed by atoms with Gasteiger partial charge >= 0.3 is 0 Å². The van der Waals surface area contributed by atoms with Crippen LogP contribution < -0.4 is 10.3 Å². The molecule has 0 fully saturated rings. The lowest BCUT2D eigenvalue weighted by Crippen LogP contribution is -2.23. The average molecular weight is 420 g/mol. The first-order chi connectivity index (χ1) is 14.5. The maximum Gasteiger partial charge on any atom is 0.282 e. The summed E-state index contributed by atoms with van der Waals surface area (Å²) in [5.41, 5.74) is 1.58. The van der Waals surface area contributed by atoms with E-state index in [4.69, 9.17) is 16.3 Å². The Morgan fingerprint density at radius 2 is 1.90 bits per heavy atom. The topological polar surface area (TPSA) is 76.7 Å². The van der Waals surface area contributed by atoms with Crippen LogP contribution in [-0.2, 0) is 6.61 Å². The van der Waals surface area contributed by atoms with Gasteiger partial charge in [-0.15, -0.1) is 0 Å². The second-order valence-electron chi connectivity index (χ2n) is 6.66. The normalized spacial score (nSPS) is 11.3. The number of rotatable bonds is 5. The highest BCUT2D eigenvalue weighted by atomic mass is 35.5. The van der Waals surface area contributed by atoms with Gasteiger partial charge in [0.05, 0.1) is 17.1 Å². The summed E-state index contributed by atoms with van der Waals surface area (Å²) >= 11 is 6.00. The van der Waals surface area contributed by atoms with Gasteiger partial charge in [0.15, 0.2) is 5.82 Å². The van der Waals surface area contributed by atoms with Crippen LogP contribution in [0, 0.1) is 6.92 Å². The number of halogens is 1. The summed E-state index contributed by atoms with van der Waals surface area (Å²) in [6, 6.07) is 19.2. The highest BCUT2D eigenvalue weighted by Gasteiger charge is 2.12. The number of aryl methyl sites for hydroxylation is 1. The molecule has 0 radical (unpaired) electrons. The number of benzene rings is 3. The molecule has 1 aromatic heterocycles. The number of para-hydroxylation sites is 2. The number of fused-ring (bicyclic) bond motifs is 1. The van der Waals surface area contributed by atoms with Gasteiger partial charge < -0.3 is 9.84 Å². The predicted molar refractivity (Wildman–Crippen MR) is 118 cm³/mol. The van der Waals surface area contributed by atoms with Crippen molar-refractivity contribution in [2.75, 3.05) is 0 Å². The fourth-order valence-electron chi connectivity index (χ4n) is 2.99. The Morgan fingerprint density at radius 3 is 2.73 bits per heavy atom. The lowest BCUT2D eigenvalue weighted by Gasteiger charge is -2.12. The first-order valence-corrected chi connectivity index (χ1v) is 9.63. The summed E-state index contributed by atoms with van der Waals surface area (Å²) < 4.78 is 7.08. The molecule has 0 saturated carbocycles. The van der Waals surface area contributed by atoms with E-state index in [9.17, 15) is 9.90 Å². The van der Waals surface area contributed by atoms with Crippen molar-refractivity contribution in [2.45, 2.75) is 13.5 Å². The van der Waals surface area contributed by atoms with Crippen LogP contribution >= 0.6 is 11.6 Å². The summed E-state index contributed by atoms with van der Waals surface area (Å²) in [5.74, 6) is 1.03. The monoisotopic (exact) mass is 419 g/mol. The first kappa shape index (κ1) is 19.7. The van der Waals surface area contributed by atoms with Crippen LogP contribution in [0.25, 0.3) is 10.9 Å². The van der Waals surface area contributed by atoms with Gasteiger partial charge in [-0.2, -0.15) is 9.78 Å². The molecule has 3 aromatic carbocycles. The Labute approximate surface area is 177 Å². The molecular weight excluding hydrogens is 402 g/mol. The van der Waals surface area contributed by atoms with Gasteiger partial charge in [0.1, 0.15) is 18.1 Å². The Bertz CT molecular complexity index is 1310. The van der Waals surface area contributed by atoms with E-state index in [1.807, 2.05) is 37.3 Å². The van der Waals surface area contributed by atoms with Crippen LogP contribution in [0.15, 0.2) is 76.6 Å². The van der Waals surface area contributed by atoms with Crippen LogP contribution in [0.2, 0.25) is 5.02 Å². The predicted octanol–water partition coefficient (Wildman–Crippen LogP) is 4.53.